The Morgan fingerprint density at radius 3 is 2.60 bits per heavy atom. The molecule has 2 aliphatic rings. The Morgan fingerprint density at radius 1 is 1.12 bits per heavy atom. The molecule has 0 bridgehead atoms. The van der Waals surface area contributed by atoms with Crippen LogP contribution in [0.25, 0.3) is 0 Å². The molecule has 0 saturated carbocycles. The van der Waals surface area contributed by atoms with Gasteiger partial charge in [0.15, 0.2) is 0 Å². The maximum Gasteiger partial charge on any atom is 0.123 e. The molecule has 1 N–H and O–H groups in total. The third-order valence-electron chi connectivity index (χ3n) is 5.56. The summed E-state index contributed by atoms with van der Waals surface area (Å²) in [6, 6.07) is 13.6. The Labute approximate surface area is 154 Å². The first-order chi connectivity index (χ1) is 11.9. The summed E-state index contributed by atoms with van der Waals surface area (Å²) in [5, 5.41) is 4.38. The molecule has 1 aliphatic heterocycles. The molecule has 2 aromatic carbocycles. The van der Waals surface area contributed by atoms with Crippen molar-refractivity contribution >= 4 is 11.6 Å². The fourth-order valence-corrected chi connectivity index (χ4v) is 4.61. The summed E-state index contributed by atoms with van der Waals surface area (Å²) in [5.41, 5.74) is 3.96. The topological polar surface area (TPSA) is 15.3 Å². The highest BCUT2D eigenvalue weighted by molar-refractivity contribution is 6.30. The van der Waals surface area contributed by atoms with Crippen LogP contribution in [0.5, 0.6) is 0 Å². The highest BCUT2D eigenvalue weighted by Crippen LogP contribution is 2.48. The lowest BCUT2D eigenvalue weighted by atomic mass is 9.93. The zero-order valence-corrected chi connectivity index (χ0v) is 15.5. The molecule has 2 nitrogen and oxygen atoms in total. The standard InChI is InChI=1S/C21H24ClFN2/c1-21(2)13-25(10-9-24-21)20-12-18(14-3-6-16(23)7-4-14)17-8-5-15(22)11-19(17)20/h3-8,11,18,20,24H,9-10,12-13H2,1-2H3/t18-,20+/m0/s1. The molecule has 25 heavy (non-hydrogen) atoms. The van der Waals surface area contributed by atoms with E-state index in [1.54, 1.807) is 12.1 Å². The number of benzene rings is 2. The van der Waals surface area contributed by atoms with Gasteiger partial charge in [-0.15, -0.1) is 0 Å². The lowest BCUT2D eigenvalue weighted by Crippen LogP contribution is -2.57. The number of nitrogens with one attached hydrogen (secondary N) is 1. The largest absolute Gasteiger partial charge is 0.309 e. The van der Waals surface area contributed by atoms with Crippen molar-refractivity contribution in [2.24, 2.45) is 0 Å². The van der Waals surface area contributed by atoms with Gasteiger partial charge in [0.2, 0.25) is 0 Å². The van der Waals surface area contributed by atoms with Crippen LogP contribution in [0.3, 0.4) is 0 Å². The molecule has 2 aromatic rings. The van der Waals surface area contributed by atoms with Crippen molar-refractivity contribution in [3.8, 4) is 0 Å². The molecular formula is C21H24ClFN2. The van der Waals surface area contributed by atoms with Crippen molar-refractivity contribution in [2.45, 2.75) is 37.8 Å². The lowest BCUT2D eigenvalue weighted by Gasteiger charge is -2.42. The van der Waals surface area contributed by atoms with Crippen LogP contribution in [0.2, 0.25) is 5.02 Å². The molecule has 0 spiro atoms. The van der Waals surface area contributed by atoms with Crippen LogP contribution in [0, 0.1) is 5.82 Å². The lowest BCUT2D eigenvalue weighted by molar-refractivity contribution is 0.107. The van der Waals surface area contributed by atoms with Crippen molar-refractivity contribution < 1.29 is 4.39 Å². The zero-order chi connectivity index (χ0) is 17.6. The van der Waals surface area contributed by atoms with E-state index in [1.807, 2.05) is 18.2 Å². The van der Waals surface area contributed by atoms with Gasteiger partial charge in [-0.1, -0.05) is 29.8 Å². The van der Waals surface area contributed by atoms with Gasteiger partial charge < -0.3 is 5.32 Å². The van der Waals surface area contributed by atoms with Crippen LogP contribution in [0.1, 0.15) is 48.9 Å². The minimum atomic E-state index is -0.182. The van der Waals surface area contributed by atoms with Crippen molar-refractivity contribution in [3.05, 3.63) is 70.0 Å². The number of nitrogens with zero attached hydrogens (tertiary/aromatic N) is 1. The second-order valence-corrected chi connectivity index (χ2v) is 8.35. The van der Waals surface area contributed by atoms with Crippen LogP contribution in [-0.2, 0) is 0 Å². The highest BCUT2D eigenvalue weighted by atomic mass is 35.5. The molecule has 4 rings (SSSR count). The predicted octanol–water partition coefficient (Wildman–Crippen LogP) is 4.74. The Bertz CT molecular complexity index is 772. The smallest absolute Gasteiger partial charge is 0.123 e. The van der Waals surface area contributed by atoms with Gasteiger partial charge in [-0.2, -0.15) is 0 Å². The molecule has 132 valence electrons. The summed E-state index contributed by atoms with van der Waals surface area (Å²) in [4.78, 5) is 2.58. The summed E-state index contributed by atoms with van der Waals surface area (Å²) in [5.74, 6) is 0.120. The van der Waals surface area contributed by atoms with Gasteiger partial charge in [0.1, 0.15) is 5.82 Å². The molecule has 1 saturated heterocycles. The molecule has 4 heteroatoms. The van der Waals surface area contributed by atoms with Crippen molar-refractivity contribution in [2.75, 3.05) is 19.6 Å². The van der Waals surface area contributed by atoms with Crippen LogP contribution in [0.4, 0.5) is 4.39 Å². The molecule has 1 fully saturated rings. The number of hydrogen-bond acceptors (Lipinski definition) is 2. The summed E-state index contributed by atoms with van der Waals surface area (Å²) in [7, 11) is 0. The van der Waals surface area contributed by atoms with Gasteiger partial charge >= 0.3 is 0 Å². The quantitative estimate of drug-likeness (QED) is 0.834. The van der Waals surface area contributed by atoms with E-state index in [-0.39, 0.29) is 11.4 Å². The van der Waals surface area contributed by atoms with Crippen LogP contribution in [0.15, 0.2) is 42.5 Å². The van der Waals surface area contributed by atoms with Crippen LogP contribution < -0.4 is 5.32 Å². The molecule has 0 unspecified atom stereocenters. The average Bonchev–Trinajstić information content (AvgIpc) is 2.93. The second-order valence-electron chi connectivity index (χ2n) is 7.91. The average molecular weight is 359 g/mol. The summed E-state index contributed by atoms with van der Waals surface area (Å²) >= 11 is 6.32. The van der Waals surface area contributed by atoms with Gasteiger partial charge in [0, 0.05) is 42.2 Å². The van der Waals surface area contributed by atoms with Gasteiger partial charge in [0.25, 0.3) is 0 Å². The van der Waals surface area contributed by atoms with Crippen LogP contribution >= 0.6 is 11.6 Å². The molecular weight excluding hydrogens is 335 g/mol. The SMILES string of the molecule is CC1(C)CN([C@@H]2C[C@@H](c3ccc(F)cc3)c3ccc(Cl)cc32)CCN1. The molecule has 1 aliphatic carbocycles. The fraction of sp³-hybridized carbons (Fsp3) is 0.429. The normalized spacial score (nSPS) is 25.8. The van der Waals surface area contributed by atoms with E-state index in [2.05, 4.69) is 36.2 Å². The highest BCUT2D eigenvalue weighted by Gasteiger charge is 2.38. The minimum Gasteiger partial charge on any atom is -0.309 e. The second kappa shape index (κ2) is 6.39. The summed E-state index contributed by atoms with van der Waals surface area (Å²) in [6.45, 7) is 7.56. The first kappa shape index (κ1) is 17.0. The maximum absolute atomic E-state index is 13.3. The van der Waals surface area contributed by atoms with Gasteiger partial charge in [-0.05, 0) is 61.2 Å². The van der Waals surface area contributed by atoms with E-state index < -0.39 is 0 Å². The van der Waals surface area contributed by atoms with E-state index in [0.717, 1.165) is 31.1 Å². The predicted molar refractivity (Wildman–Crippen MR) is 101 cm³/mol. The Morgan fingerprint density at radius 2 is 1.88 bits per heavy atom. The third-order valence-corrected chi connectivity index (χ3v) is 5.79. The van der Waals surface area contributed by atoms with E-state index in [9.17, 15) is 4.39 Å². The van der Waals surface area contributed by atoms with Crippen molar-refractivity contribution in [1.29, 1.82) is 0 Å². The Kier molecular flexibility index (Phi) is 4.35. The number of rotatable bonds is 2. The van der Waals surface area contributed by atoms with Gasteiger partial charge in [-0.3, -0.25) is 4.90 Å². The molecule has 0 aromatic heterocycles. The number of hydrogen-bond donors (Lipinski definition) is 1. The van der Waals surface area contributed by atoms with Gasteiger partial charge in [0.05, 0.1) is 0 Å². The third kappa shape index (κ3) is 3.33. The molecule has 0 amide bonds. The van der Waals surface area contributed by atoms with E-state index in [4.69, 9.17) is 11.6 Å². The molecule has 1 heterocycles. The monoisotopic (exact) mass is 358 g/mol. The molecule has 2 atom stereocenters. The Balaban J connectivity index is 1.70. The first-order valence-corrected chi connectivity index (χ1v) is 9.35. The van der Waals surface area contributed by atoms with Gasteiger partial charge in [-0.25, -0.2) is 4.39 Å². The first-order valence-electron chi connectivity index (χ1n) is 8.97. The Hall–Kier alpha value is -1.42. The van der Waals surface area contributed by atoms with E-state index in [1.165, 1.54) is 16.7 Å². The summed E-state index contributed by atoms with van der Waals surface area (Å²) < 4.78 is 13.3. The molecule has 0 radical (unpaired) electrons. The fourth-order valence-electron chi connectivity index (χ4n) is 4.43. The minimum absolute atomic E-state index is 0.116. The van der Waals surface area contributed by atoms with E-state index >= 15 is 0 Å². The van der Waals surface area contributed by atoms with Crippen molar-refractivity contribution in [3.63, 3.8) is 0 Å². The van der Waals surface area contributed by atoms with Crippen molar-refractivity contribution in [1.82, 2.24) is 10.2 Å². The van der Waals surface area contributed by atoms with E-state index in [0.29, 0.717) is 12.0 Å². The number of fused-ring (bicyclic) bond motifs is 1. The van der Waals surface area contributed by atoms with Crippen LogP contribution in [-0.4, -0.2) is 30.1 Å². The number of halogens is 2. The maximum atomic E-state index is 13.3. The zero-order valence-electron chi connectivity index (χ0n) is 14.7. The summed E-state index contributed by atoms with van der Waals surface area (Å²) in [6.07, 6.45) is 1.03. The number of piperazine rings is 1.